The van der Waals surface area contributed by atoms with Crippen LogP contribution in [0.3, 0.4) is 0 Å². The lowest BCUT2D eigenvalue weighted by atomic mass is 10.1. The van der Waals surface area contributed by atoms with E-state index in [1.807, 2.05) is 6.07 Å². The van der Waals surface area contributed by atoms with Gasteiger partial charge in [-0.1, -0.05) is 11.6 Å². The molecule has 3 nitrogen and oxygen atoms in total. The smallest absolute Gasteiger partial charge is 0.342 e. The molecule has 1 aliphatic rings. The van der Waals surface area contributed by atoms with Gasteiger partial charge in [-0.15, -0.1) is 11.3 Å². The molecule has 2 aromatic rings. The summed E-state index contributed by atoms with van der Waals surface area (Å²) >= 11 is 7.32. The summed E-state index contributed by atoms with van der Waals surface area (Å²) in [5, 5.41) is 0. The van der Waals surface area contributed by atoms with Crippen molar-refractivity contribution in [2.75, 3.05) is 6.61 Å². The van der Waals surface area contributed by atoms with Crippen LogP contribution in [0.5, 0.6) is 0 Å². The number of rotatable bonds is 2. The monoisotopic (exact) mass is 266 g/mol. The number of cyclic esters (lactones) is 1. The lowest BCUT2D eigenvalue weighted by Crippen LogP contribution is -1.97. The van der Waals surface area contributed by atoms with Crippen LogP contribution in [0.15, 0.2) is 34.9 Å². The van der Waals surface area contributed by atoms with Crippen LogP contribution in [0.4, 0.5) is 0 Å². The highest BCUT2D eigenvalue weighted by Crippen LogP contribution is 2.37. The molecule has 0 saturated carbocycles. The first kappa shape index (κ1) is 10.6. The van der Waals surface area contributed by atoms with E-state index < -0.39 is 0 Å². The van der Waals surface area contributed by atoms with E-state index in [0.29, 0.717) is 15.7 Å². The Labute approximate surface area is 106 Å². The summed E-state index contributed by atoms with van der Waals surface area (Å²) in [4.78, 5) is 12.6. The Morgan fingerprint density at radius 3 is 2.82 bits per heavy atom. The number of thiophene rings is 1. The van der Waals surface area contributed by atoms with Crippen molar-refractivity contribution in [3.8, 4) is 0 Å². The molecule has 0 amide bonds. The molecule has 0 spiro atoms. The van der Waals surface area contributed by atoms with Crippen molar-refractivity contribution in [2.45, 2.75) is 0 Å². The van der Waals surface area contributed by atoms with Gasteiger partial charge in [0.25, 0.3) is 0 Å². The molecule has 0 aromatic carbocycles. The third-order valence-electron chi connectivity index (χ3n) is 2.49. The molecule has 0 atom stereocenters. The first-order valence-electron chi connectivity index (χ1n) is 4.95. The van der Waals surface area contributed by atoms with Gasteiger partial charge in [0.05, 0.1) is 10.6 Å². The van der Waals surface area contributed by atoms with Gasteiger partial charge < -0.3 is 9.15 Å². The summed E-state index contributed by atoms with van der Waals surface area (Å²) in [5.74, 6) is 0.187. The first-order chi connectivity index (χ1) is 8.25. The minimum atomic E-state index is -0.348. The van der Waals surface area contributed by atoms with Gasteiger partial charge in [-0.25, -0.2) is 4.79 Å². The van der Waals surface area contributed by atoms with Crippen molar-refractivity contribution < 1.29 is 13.9 Å². The van der Waals surface area contributed by atoms with Crippen LogP contribution in [0.2, 0.25) is 4.34 Å². The highest BCUT2D eigenvalue weighted by Gasteiger charge is 2.29. The maximum Gasteiger partial charge on any atom is 0.342 e. The fourth-order valence-corrected chi connectivity index (χ4v) is 2.82. The molecule has 0 saturated heterocycles. The van der Waals surface area contributed by atoms with E-state index in [2.05, 4.69) is 0 Å². The van der Waals surface area contributed by atoms with Gasteiger partial charge in [0.1, 0.15) is 17.9 Å². The van der Waals surface area contributed by atoms with Gasteiger partial charge in [-0.05, 0) is 24.3 Å². The zero-order chi connectivity index (χ0) is 11.8. The van der Waals surface area contributed by atoms with Crippen molar-refractivity contribution >= 4 is 40.1 Å². The number of halogens is 1. The predicted octanol–water partition coefficient (Wildman–Crippen LogP) is 3.46. The second-order valence-electron chi connectivity index (χ2n) is 3.51. The number of carbonyl (C=O) groups excluding carboxylic acids is 1. The Bertz CT molecular complexity index is 595. The number of carbonyl (C=O) groups is 1. The largest absolute Gasteiger partial charge is 0.464 e. The second kappa shape index (κ2) is 4.05. The minimum Gasteiger partial charge on any atom is -0.464 e. The molecular formula is C12H7ClO3S. The van der Waals surface area contributed by atoms with Gasteiger partial charge in [-0.2, -0.15) is 0 Å². The summed E-state index contributed by atoms with van der Waals surface area (Å²) < 4.78 is 11.0. The summed E-state index contributed by atoms with van der Waals surface area (Å²) in [5.41, 5.74) is 1.33. The van der Waals surface area contributed by atoms with Gasteiger partial charge in [0.2, 0.25) is 0 Å². The van der Waals surface area contributed by atoms with Crippen LogP contribution in [-0.4, -0.2) is 12.6 Å². The Morgan fingerprint density at radius 2 is 2.18 bits per heavy atom. The number of esters is 1. The SMILES string of the molecule is O=C1OCC(c2ccc(Cl)s2)=C1c1ccco1. The lowest BCUT2D eigenvalue weighted by Gasteiger charge is -1.97. The van der Waals surface area contributed by atoms with Gasteiger partial charge >= 0.3 is 5.97 Å². The normalized spacial score (nSPS) is 15.5. The topological polar surface area (TPSA) is 39.4 Å². The van der Waals surface area contributed by atoms with Crippen molar-refractivity contribution in [3.05, 3.63) is 45.5 Å². The average Bonchev–Trinajstić information content (AvgIpc) is 2.97. The van der Waals surface area contributed by atoms with Crippen LogP contribution in [-0.2, 0) is 9.53 Å². The molecule has 5 heteroatoms. The molecule has 0 aliphatic carbocycles. The summed E-state index contributed by atoms with van der Waals surface area (Å²) in [6.45, 7) is 0.270. The predicted molar refractivity (Wildman–Crippen MR) is 65.8 cm³/mol. The molecule has 17 heavy (non-hydrogen) atoms. The molecule has 86 valence electrons. The molecule has 3 heterocycles. The molecule has 0 fully saturated rings. The summed E-state index contributed by atoms with van der Waals surface area (Å²) in [7, 11) is 0. The molecule has 0 N–H and O–H groups in total. The van der Waals surface area contributed by atoms with E-state index in [-0.39, 0.29) is 12.6 Å². The molecule has 0 unspecified atom stereocenters. The summed E-state index contributed by atoms with van der Waals surface area (Å²) in [6, 6.07) is 7.18. The lowest BCUT2D eigenvalue weighted by molar-refractivity contribution is -0.133. The molecule has 0 radical (unpaired) electrons. The quantitative estimate of drug-likeness (QED) is 0.782. The molecule has 2 aromatic heterocycles. The average molecular weight is 267 g/mol. The summed E-state index contributed by atoms with van der Waals surface area (Å²) in [6.07, 6.45) is 1.53. The zero-order valence-corrected chi connectivity index (χ0v) is 10.2. The minimum absolute atomic E-state index is 0.270. The third-order valence-corrected chi connectivity index (χ3v) is 3.78. The molecule has 1 aliphatic heterocycles. The van der Waals surface area contributed by atoms with E-state index in [0.717, 1.165) is 10.5 Å². The number of hydrogen-bond acceptors (Lipinski definition) is 4. The number of furan rings is 1. The Kier molecular flexibility index (Phi) is 2.53. The highest BCUT2D eigenvalue weighted by molar-refractivity contribution is 7.17. The zero-order valence-electron chi connectivity index (χ0n) is 8.60. The van der Waals surface area contributed by atoms with Crippen LogP contribution in [0.25, 0.3) is 11.1 Å². The Balaban J connectivity index is 2.15. The van der Waals surface area contributed by atoms with Crippen molar-refractivity contribution in [2.24, 2.45) is 0 Å². The third kappa shape index (κ3) is 1.79. The van der Waals surface area contributed by atoms with Gasteiger partial charge in [0, 0.05) is 10.5 Å². The fourth-order valence-electron chi connectivity index (χ4n) is 1.75. The van der Waals surface area contributed by atoms with Crippen LogP contribution in [0, 0.1) is 0 Å². The van der Waals surface area contributed by atoms with Crippen molar-refractivity contribution in [3.63, 3.8) is 0 Å². The van der Waals surface area contributed by atoms with Crippen LogP contribution < -0.4 is 0 Å². The number of hydrogen-bond donors (Lipinski definition) is 0. The molecule has 3 rings (SSSR count). The molecular weight excluding hydrogens is 260 g/mol. The van der Waals surface area contributed by atoms with Crippen molar-refractivity contribution in [1.29, 1.82) is 0 Å². The Morgan fingerprint density at radius 1 is 1.29 bits per heavy atom. The van der Waals surface area contributed by atoms with E-state index >= 15 is 0 Å². The maximum atomic E-state index is 11.7. The number of ether oxygens (including phenoxy) is 1. The van der Waals surface area contributed by atoms with E-state index in [1.54, 1.807) is 18.2 Å². The van der Waals surface area contributed by atoms with Crippen LogP contribution in [0.1, 0.15) is 10.6 Å². The standard InChI is InChI=1S/C12H7ClO3S/c13-10-4-3-9(17-10)7-6-16-12(14)11(7)8-2-1-5-15-8/h1-5H,6H2. The van der Waals surface area contributed by atoms with E-state index in [1.165, 1.54) is 17.6 Å². The fraction of sp³-hybridized carbons (Fsp3) is 0.0833. The van der Waals surface area contributed by atoms with Crippen LogP contribution >= 0.6 is 22.9 Å². The van der Waals surface area contributed by atoms with E-state index in [4.69, 9.17) is 20.8 Å². The highest BCUT2D eigenvalue weighted by atomic mass is 35.5. The van der Waals surface area contributed by atoms with Gasteiger partial charge in [0.15, 0.2) is 0 Å². The second-order valence-corrected chi connectivity index (χ2v) is 5.23. The van der Waals surface area contributed by atoms with Gasteiger partial charge in [-0.3, -0.25) is 0 Å². The van der Waals surface area contributed by atoms with Crippen molar-refractivity contribution in [1.82, 2.24) is 0 Å². The molecule has 0 bridgehead atoms. The first-order valence-corrected chi connectivity index (χ1v) is 6.15. The van der Waals surface area contributed by atoms with E-state index in [9.17, 15) is 4.79 Å². The maximum absolute atomic E-state index is 11.7. The Hall–Kier alpha value is -1.52.